The van der Waals surface area contributed by atoms with Gasteiger partial charge in [0.25, 0.3) is 5.91 Å². The molecule has 0 spiro atoms. The van der Waals surface area contributed by atoms with Gasteiger partial charge >= 0.3 is 0 Å². The second-order valence-corrected chi connectivity index (χ2v) is 8.68. The molecule has 1 atom stereocenters. The number of hydrogen-bond donors (Lipinski definition) is 3. The van der Waals surface area contributed by atoms with Crippen LogP contribution in [0.4, 0.5) is 0 Å². The lowest BCUT2D eigenvalue weighted by atomic mass is 9.79. The highest BCUT2D eigenvalue weighted by Crippen LogP contribution is 2.25. The Morgan fingerprint density at radius 3 is 2.53 bits per heavy atom. The van der Waals surface area contributed by atoms with E-state index in [4.69, 9.17) is 9.15 Å². The number of nitrogens with one attached hydrogen (secondary N) is 2. The Balaban J connectivity index is 1.36. The summed E-state index contributed by atoms with van der Waals surface area (Å²) in [6.07, 6.45) is 7.94. The topological polar surface area (TPSA) is 72.5 Å². The first kappa shape index (κ1) is 21.1. The van der Waals surface area contributed by atoms with E-state index in [1.807, 2.05) is 30.3 Å². The third kappa shape index (κ3) is 5.12. The zero-order chi connectivity index (χ0) is 20.7. The maximum Gasteiger partial charge on any atom is 0.275 e. The highest BCUT2D eigenvalue weighted by atomic mass is 16.5. The molecular weight excluding hydrogens is 378 g/mol. The third-order valence-corrected chi connectivity index (χ3v) is 6.83. The molecule has 162 valence electrons. The smallest absolute Gasteiger partial charge is 0.275 e. The summed E-state index contributed by atoms with van der Waals surface area (Å²) < 4.78 is 11.2. The summed E-state index contributed by atoms with van der Waals surface area (Å²) in [5.41, 5.74) is 1.32. The third-order valence-electron chi connectivity index (χ3n) is 6.83. The van der Waals surface area contributed by atoms with Crippen LogP contribution in [-0.4, -0.2) is 50.8 Å². The van der Waals surface area contributed by atoms with Gasteiger partial charge in [-0.15, -0.1) is 0 Å². The molecule has 1 aliphatic heterocycles. The molecule has 2 aromatic rings. The Morgan fingerprint density at radius 2 is 1.83 bits per heavy atom. The van der Waals surface area contributed by atoms with Crippen molar-refractivity contribution < 1.29 is 24.2 Å². The van der Waals surface area contributed by atoms with E-state index in [2.05, 4.69) is 22.8 Å². The lowest BCUT2D eigenvalue weighted by Gasteiger charge is -2.44. The molecule has 0 bridgehead atoms. The Kier molecular flexibility index (Phi) is 7.20. The number of hydrogen-bond acceptors (Lipinski definition) is 3. The molecule has 2 heterocycles. The monoisotopic (exact) mass is 413 g/mol. The number of ether oxygens (including phenoxy) is 1. The minimum Gasteiger partial charge on any atom is -0.463 e. The fourth-order valence-electron chi connectivity index (χ4n) is 5.14. The Hall–Kier alpha value is -2.15. The fraction of sp³-hybridized carbons (Fsp3) is 0.542. The number of furan rings is 1. The molecule has 4 N–H and O–H groups in total. The Bertz CT molecular complexity index is 766. The minimum absolute atomic E-state index is 0.0135. The number of carbonyl (C=O) groups is 1. The standard InChI is InChI=1S/C24H33N3O3/c28-22(18-25-23(21-10-7-15-30-21)20-8-3-1-4-9-20)26-19-24(11-5-2-6-12-24)27-13-16-29-17-14-27/h1,3-4,7-10,15,23,25H,2,5-6,11-14,16-19H2,(H,26,28)/p+2/t23-/m1/s1. The van der Waals surface area contributed by atoms with Crippen molar-refractivity contribution in [1.29, 1.82) is 0 Å². The maximum atomic E-state index is 12.8. The number of morpholine rings is 1. The van der Waals surface area contributed by atoms with Gasteiger partial charge in [-0.3, -0.25) is 4.79 Å². The van der Waals surface area contributed by atoms with Crippen LogP contribution in [0, 0.1) is 0 Å². The van der Waals surface area contributed by atoms with E-state index in [0.29, 0.717) is 6.54 Å². The molecule has 2 fully saturated rings. The number of benzene rings is 1. The summed E-state index contributed by atoms with van der Waals surface area (Å²) in [5, 5.41) is 5.35. The van der Waals surface area contributed by atoms with Gasteiger partial charge in [-0.1, -0.05) is 36.8 Å². The average molecular weight is 414 g/mol. The van der Waals surface area contributed by atoms with Crippen LogP contribution in [0.5, 0.6) is 0 Å². The fourth-order valence-corrected chi connectivity index (χ4v) is 5.14. The molecule has 0 unspecified atom stereocenters. The molecule has 4 rings (SSSR count). The normalized spacial score (nSPS) is 20.5. The SMILES string of the molecule is O=C(C[NH2+][C@H](c1ccccc1)c1ccco1)NCC1([NH+]2CCOCC2)CCCCC1. The number of carbonyl (C=O) groups excluding carboxylic acids is 1. The van der Waals surface area contributed by atoms with Crippen LogP contribution in [-0.2, 0) is 9.53 Å². The van der Waals surface area contributed by atoms with Gasteiger partial charge in [0.2, 0.25) is 0 Å². The van der Waals surface area contributed by atoms with Crippen molar-refractivity contribution in [2.24, 2.45) is 0 Å². The predicted octanol–water partition coefficient (Wildman–Crippen LogP) is 0.667. The van der Waals surface area contributed by atoms with Gasteiger partial charge in [-0.2, -0.15) is 0 Å². The predicted molar refractivity (Wildman–Crippen MR) is 114 cm³/mol. The van der Waals surface area contributed by atoms with Crippen molar-refractivity contribution in [1.82, 2.24) is 5.32 Å². The summed E-state index contributed by atoms with van der Waals surface area (Å²) in [5.74, 6) is 0.968. The van der Waals surface area contributed by atoms with Crippen LogP contribution in [0.1, 0.15) is 49.5 Å². The Labute approximate surface area is 179 Å². The highest BCUT2D eigenvalue weighted by molar-refractivity contribution is 5.76. The van der Waals surface area contributed by atoms with E-state index >= 15 is 0 Å². The van der Waals surface area contributed by atoms with Crippen LogP contribution < -0.4 is 15.5 Å². The van der Waals surface area contributed by atoms with Crippen molar-refractivity contribution in [3.05, 3.63) is 60.1 Å². The van der Waals surface area contributed by atoms with E-state index in [0.717, 1.165) is 44.2 Å². The Morgan fingerprint density at radius 1 is 1.07 bits per heavy atom. The minimum atomic E-state index is -0.0135. The van der Waals surface area contributed by atoms with E-state index < -0.39 is 0 Å². The van der Waals surface area contributed by atoms with E-state index in [1.165, 1.54) is 32.1 Å². The molecule has 1 aromatic heterocycles. The number of nitrogens with two attached hydrogens (primary N) is 1. The second kappa shape index (κ2) is 10.2. The van der Waals surface area contributed by atoms with Crippen LogP contribution in [0.2, 0.25) is 0 Å². The van der Waals surface area contributed by atoms with Crippen molar-refractivity contribution in [3.8, 4) is 0 Å². The lowest BCUT2D eigenvalue weighted by molar-refractivity contribution is -0.960. The van der Waals surface area contributed by atoms with Crippen LogP contribution in [0.15, 0.2) is 53.1 Å². The summed E-state index contributed by atoms with van der Waals surface area (Å²) in [6.45, 7) is 4.93. The zero-order valence-electron chi connectivity index (χ0n) is 17.8. The summed E-state index contributed by atoms with van der Waals surface area (Å²) in [6, 6.07) is 14.1. The number of amides is 1. The quantitative estimate of drug-likeness (QED) is 0.596. The molecule has 1 saturated heterocycles. The molecule has 6 heteroatoms. The first-order valence-electron chi connectivity index (χ1n) is 11.4. The summed E-state index contributed by atoms with van der Waals surface area (Å²) in [4.78, 5) is 14.4. The van der Waals surface area contributed by atoms with Crippen molar-refractivity contribution >= 4 is 5.91 Å². The molecule has 1 amide bonds. The van der Waals surface area contributed by atoms with Crippen molar-refractivity contribution in [2.75, 3.05) is 39.4 Å². The molecular formula is C24H35N3O3+2. The van der Waals surface area contributed by atoms with Gasteiger partial charge < -0.3 is 24.7 Å². The van der Waals surface area contributed by atoms with Crippen LogP contribution in [0.3, 0.4) is 0 Å². The summed E-state index contributed by atoms with van der Waals surface area (Å²) in [7, 11) is 0. The molecule has 30 heavy (non-hydrogen) atoms. The number of quaternary nitrogens is 2. The van der Waals surface area contributed by atoms with Crippen LogP contribution in [0.25, 0.3) is 0 Å². The van der Waals surface area contributed by atoms with E-state index in [-0.39, 0.29) is 17.5 Å². The first-order chi connectivity index (χ1) is 14.8. The largest absolute Gasteiger partial charge is 0.463 e. The number of rotatable bonds is 8. The molecule has 1 saturated carbocycles. The van der Waals surface area contributed by atoms with Gasteiger partial charge in [-0.05, 0) is 25.0 Å². The van der Waals surface area contributed by atoms with Gasteiger partial charge in [0, 0.05) is 18.4 Å². The molecule has 6 nitrogen and oxygen atoms in total. The molecule has 0 radical (unpaired) electrons. The highest BCUT2D eigenvalue weighted by Gasteiger charge is 2.42. The molecule has 2 aliphatic rings. The average Bonchev–Trinajstić information content (AvgIpc) is 3.34. The zero-order valence-corrected chi connectivity index (χ0v) is 17.8. The van der Waals surface area contributed by atoms with Gasteiger partial charge in [0.1, 0.15) is 18.6 Å². The molecule has 1 aliphatic carbocycles. The van der Waals surface area contributed by atoms with E-state index in [9.17, 15) is 4.79 Å². The lowest BCUT2D eigenvalue weighted by Crippen LogP contribution is -3.23. The van der Waals surface area contributed by atoms with Gasteiger partial charge in [0.05, 0.1) is 26.0 Å². The second-order valence-electron chi connectivity index (χ2n) is 8.68. The van der Waals surface area contributed by atoms with Crippen LogP contribution >= 0.6 is 0 Å². The first-order valence-corrected chi connectivity index (χ1v) is 11.4. The summed E-state index contributed by atoms with van der Waals surface area (Å²) >= 11 is 0. The van der Waals surface area contributed by atoms with Crippen molar-refractivity contribution in [2.45, 2.75) is 43.7 Å². The maximum absolute atomic E-state index is 12.8. The van der Waals surface area contributed by atoms with Crippen molar-refractivity contribution in [3.63, 3.8) is 0 Å². The van der Waals surface area contributed by atoms with Gasteiger partial charge in [-0.25, -0.2) is 0 Å². The van der Waals surface area contributed by atoms with Gasteiger partial charge in [0.15, 0.2) is 18.3 Å². The van der Waals surface area contributed by atoms with E-state index in [1.54, 1.807) is 11.2 Å². The molecule has 1 aromatic carbocycles.